The van der Waals surface area contributed by atoms with Crippen LogP contribution in [-0.2, 0) is 26.2 Å². The minimum atomic E-state index is -3.79. The van der Waals surface area contributed by atoms with Gasteiger partial charge in [0.2, 0.25) is 10.0 Å². The Kier molecular flexibility index (Phi) is 6.89. The van der Waals surface area contributed by atoms with Gasteiger partial charge in [-0.2, -0.15) is 4.72 Å². The molecule has 0 unspecified atom stereocenters. The van der Waals surface area contributed by atoms with Gasteiger partial charge in [-0.3, -0.25) is 9.59 Å². The lowest BCUT2D eigenvalue weighted by Gasteiger charge is -2.15. The highest BCUT2D eigenvalue weighted by molar-refractivity contribution is 7.89. The van der Waals surface area contributed by atoms with E-state index in [1.165, 1.54) is 6.07 Å². The van der Waals surface area contributed by atoms with Crippen molar-refractivity contribution < 1.29 is 22.7 Å². The molecule has 30 heavy (non-hydrogen) atoms. The van der Waals surface area contributed by atoms with Crippen LogP contribution in [0.1, 0.15) is 39.9 Å². The maximum Gasteiger partial charge on any atom is 0.321 e. The normalized spacial score (nSPS) is 14.0. The van der Waals surface area contributed by atoms with Gasteiger partial charge in [0, 0.05) is 18.7 Å². The van der Waals surface area contributed by atoms with E-state index in [1.54, 1.807) is 36.4 Å². The topological polar surface area (TPSA) is 92.8 Å². The Hall–Kier alpha value is -2.71. The molecule has 0 aromatic heterocycles. The summed E-state index contributed by atoms with van der Waals surface area (Å²) < 4.78 is 32.1. The molecule has 7 nitrogen and oxygen atoms in total. The Balaban J connectivity index is 1.49. The first-order valence-corrected chi connectivity index (χ1v) is 11.4. The van der Waals surface area contributed by atoms with Crippen molar-refractivity contribution in [3.63, 3.8) is 0 Å². The molecule has 1 amide bonds. The van der Waals surface area contributed by atoms with Crippen LogP contribution in [0.2, 0.25) is 0 Å². The number of hydrogen-bond donors (Lipinski definition) is 1. The van der Waals surface area contributed by atoms with Gasteiger partial charge in [-0.1, -0.05) is 18.2 Å². The van der Waals surface area contributed by atoms with Crippen LogP contribution >= 0.6 is 0 Å². The molecule has 0 atom stereocenters. The molecule has 0 spiro atoms. The smallest absolute Gasteiger partial charge is 0.321 e. The van der Waals surface area contributed by atoms with E-state index in [4.69, 9.17) is 4.74 Å². The highest BCUT2D eigenvalue weighted by Gasteiger charge is 2.19. The van der Waals surface area contributed by atoms with E-state index in [0.29, 0.717) is 5.56 Å². The number of sulfonamides is 1. The van der Waals surface area contributed by atoms with Gasteiger partial charge in [0.05, 0.1) is 4.90 Å². The van der Waals surface area contributed by atoms with E-state index < -0.39 is 22.5 Å². The average molecular weight is 431 g/mol. The first-order valence-electron chi connectivity index (χ1n) is 9.87. The molecule has 2 aromatic carbocycles. The Morgan fingerprint density at radius 1 is 1.00 bits per heavy atom. The van der Waals surface area contributed by atoms with Crippen molar-refractivity contribution >= 4 is 21.9 Å². The first kappa shape index (κ1) is 22.0. The molecule has 1 aliphatic rings. The number of benzene rings is 2. The van der Waals surface area contributed by atoms with Gasteiger partial charge >= 0.3 is 5.97 Å². The second-order valence-electron chi connectivity index (χ2n) is 7.43. The largest absolute Gasteiger partial charge is 0.460 e. The van der Waals surface area contributed by atoms with Gasteiger partial charge in [-0.25, -0.2) is 8.42 Å². The number of carbonyl (C=O) groups excluding carboxylic acids is 2. The van der Waals surface area contributed by atoms with E-state index in [1.807, 2.05) is 18.7 Å². The van der Waals surface area contributed by atoms with E-state index in [-0.39, 0.29) is 17.4 Å². The van der Waals surface area contributed by atoms with Crippen LogP contribution in [0.3, 0.4) is 0 Å². The lowest BCUT2D eigenvalue weighted by molar-refractivity contribution is -0.143. The molecule has 8 heteroatoms. The van der Waals surface area contributed by atoms with Crippen molar-refractivity contribution in [3.05, 3.63) is 64.7 Å². The predicted molar refractivity (Wildman–Crippen MR) is 112 cm³/mol. The van der Waals surface area contributed by atoms with Gasteiger partial charge < -0.3 is 9.64 Å². The standard InChI is InChI=1S/C22H26N2O5S/c1-16-5-10-20(13-17(16)2)30(27,28)23-14-21(25)29-15-18-6-8-19(9-7-18)22(26)24-11-3-4-12-24/h5-10,13,23H,3-4,11-12,14-15H2,1-2H3. The average Bonchev–Trinajstić information content (AvgIpc) is 3.27. The van der Waals surface area contributed by atoms with Crippen molar-refractivity contribution in [3.8, 4) is 0 Å². The van der Waals surface area contributed by atoms with Crippen LogP contribution in [0.4, 0.5) is 0 Å². The highest BCUT2D eigenvalue weighted by atomic mass is 32.2. The lowest BCUT2D eigenvalue weighted by Crippen LogP contribution is -2.30. The van der Waals surface area contributed by atoms with Crippen molar-refractivity contribution in [1.29, 1.82) is 0 Å². The number of amides is 1. The Morgan fingerprint density at radius 3 is 2.30 bits per heavy atom. The van der Waals surface area contributed by atoms with E-state index in [0.717, 1.165) is 42.6 Å². The number of ether oxygens (including phenoxy) is 1. The number of aryl methyl sites for hydroxylation is 2. The predicted octanol–water partition coefficient (Wildman–Crippen LogP) is 2.56. The second kappa shape index (κ2) is 9.40. The molecule has 0 saturated carbocycles. The quantitative estimate of drug-likeness (QED) is 0.682. The van der Waals surface area contributed by atoms with Crippen LogP contribution < -0.4 is 4.72 Å². The summed E-state index contributed by atoms with van der Waals surface area (Å²) in [7, 11) is -3.79. The number of hydrogen-bond acceptors (Lipinski definition) is 5. The van der Waals surface area contributed by atoms with Crippen molar-refractivity contribution in [2.45, 2.75) is 38.2 Å². The lowest BCUT2D eigenvalue weighted by atomic mass is 10.1. The molecule has 2 aromatic rings. The molecule has 1 aliphatic heterocycles. The van der Waals surface area contributed by atoms with Crippen LogP contribution in [-0.4, -0.2) is 44.8 Å². The number of nitrogens with one attached hydrogen (secondary N) is 1. The molecule has 0 bridgehead atoms. The molecule has 3 rings (SSSR count). The van der Waals surface area contributed by atoms with Crippen molar-refractivity contribution in [2.24, 2.45) is 0 Å². The fourth-order valence-electron chi connectivity index (χ4n) is 3.18. The third-order valence-corrected chi connectivity index (χ3v) is 6.59. The maximum absolute atomic E-state index is 12.3. The Bertz CT molecular complexity index is 1030. The first-order chi connectivity index (χ1) is 14.3. The summed E-state index contributed by atoms with van der Waals surface area (Å²) in [6.07, 6.45) is 2.07. The zero-order chi connectivity index (χ0) is 21.7. The monoisotopic (exact) mass is 430 g/mol. The fourth-order valence-corrected chi connectivity index (χ4v) is 4.23. The summed E-state index contributed by atoms with van der Waals surface area (Å²) >= 11 is 0. The summed E-state index contributed by atoms with van der Waals surface area (Å²) in [4.78, 5) is 26.2. The zero-order valence-corrected chi connectivity index (χ0v) is 18.0. The zero-order valence-electron chi connectivity index (χ0n) is 17.2. The number of likely N-dealkylation sites (tertiary alicyclic amines) is 1. The van der Waals surface area contributed by atoms with Gasteiger partial charge in [0.1, 0.15) is 13.2 Å². The maximum atomic E-state index is 12.3. The van der Waals surface area contributed by atoms with E-state index in [9.17, 15) is 18.0 Å². The van der Waals surface area contributed by atoms with Crippen LogP contribution in [0.5, 0.6) is 0 Å². The third-order valence-electron chi connectivity index (χ3n) is 5.19. The summed E-state index contributed by atoms with van der Waals surface area (Å²) in [6, 6.07) is 11.7. The molecular weight excluding hydrogens is 404 g/mol. The van der Waals surface area contributed by atoms with Gasteiger partial charge in [-0.15, -0.1) is 0 Å². The Morgan fingerprint density at radius 2 is 1.67 bits per heavy atom. The minimum Gasteiger partial charge on any atom is -0.460 e. The molecule has 1 heterocycles. The van der Waals surface area contributed by atoms with Crippen molar-refractivity contribution in [1.82, 2.24) is 9.62 Å². The number of esters is 1. The number of nitrogens with zero attached hydrogens (tertiary/aromatic N) is 1. The van der Waals surface area contributed by atoms with Gasteiger partial charge in [0.25, 0.3) is 5.91 Å². The van der Waals surface area contributed by atoms with E-state index >= 15 is 0 Å². The third kappa shape index (κ3) is 5.46. The van der Waals surface area contributed by atoms with Gasteiger partial charge in [-0.05, 0) is 67.6 Å². The summed E-state index contributed by atoms with van der Waals surface area (Å²) in [5.41, 5.74) is 3.17. The van der Waals surface area contributed by atoms with Crippen LogP contribution in [0, 0.1) is 13.8 Å². The van der Waals surface area contributed by atoms with Crippen molar-refractivity contribution in [2.75, 3.05) is 19.6 Å². The summed E-state index contributed by atoms with van der Waals surface area (Å²) in [5, 5.41) is 0. The van der Waals surface area contributed by atoms with Gasteiger partial charge in [0.15, 0.2) is 0 Å². The fraction of sp³-hybridized carbons (Fsp3) is 0.364. The molecule has 0 aliphatic carbocycles. The highest BCUT2D eigenvalue weighted by Crippen LogP contribution is 2.15. The minimum absolute atomic E-state index is 0.00237. The molecular formula is C22H26N2O5S. The van der Waals surface area contributed by atoms with Crippen LogP contribution in [0.25, 0.3) is 0 Å². The Labute approximate surface area is 177 Å². The summed E-state index contributed by atoms with van der Waals surface area (Å²) in [5.74, 6) is -0.670. The number of carbonyl (C=O) groups is 2. The molecule has 1 fully saturated rings. The molecule has 1 N–H and O–H groups in total. The molecule has 0 radical (unpaired) electrons. The molecule has 1 saturated heterocycles. The summed E-state index contributed by atoms with van der Waals surface area (Å²) in [6.45, 7) is 4.84. The number of rotatable bonds is 7. The molecule has 160 valence electrons. The van der Waals surface area contributed by atoms with E-state index in [2.05, 4.69) is 4.72 Å². The second-order valence-corrected chi connectivity index (χ2v) is 9.19. The van der Waals surface area contributed by atoms with Crippen LogP contribution in [0.15, 0.2) is 47.4 Å². The SMILES string of the molecule is Cc1ccc(S(=O)(=O)NCC(=O)OCc2ccc(C(=O)N3CCCC3)cc2)cc1C.